The monoisotopic (exact) mass is 236 g/mol. The Kier molecular flexibility index (Phi) is 3.94. The first kappa shape index (κ1) is 12.8. The molecule has 0 bridgehead atoms. The number of carboxylic acids is 1. The van der Waals surface area contributed by atoms with Gasteiger partial charge in [0.2, 0.25) is 0 Å². The van der Waals surface area contributed by atoms with E-state index in [0.29, 0.717) is 6.42 Å². The number of nitrogens with one attached hydrogen (secondary N) is 1. The van der Waals surface area contributed by atoms with Crippen molar-refractivity contribution < 1.29 is 14.3 Å². The quantitative estimate of drug-likeness (QED) is 0.551. The summed E-state index contributed by atoms with van der Waals surface area (Å²) in [4.78, 5) is 11.0. The molecule has 90 valence electrons. The van der Waals surface area contributed by atoms with Gasteiger partial charge in [0.05, 0.1) is 11.4 Å². The number of terminal acetylenes is 1. The minimum Gasteiger partial charge on any atom is -0.478 e. The molecule has 4 N–H and O–H groups in total. The van der Waals surface area contributed by atoms with Gasteiger partial charge in [0.15, 0.2) is 0 Å². The molecular formula is C12H13FN2O2. The lowest BCUT2D eigenvalue weighted by Crippen LogP contribution is -2.18. The second-order valence-electron chi connectivity index (χ2n) is 3.64. The number of hydrogen-bond donors (Lipinski definition) is 3. The Bertz CT molecular complexity index is 480. The Morgan fingerprint density at radius 1 is 1.71 bits per heavy atom. The van der Waals surface area contributed by atoms with Crippen molar-refractivity contribution in [2.75, 3.05) is 11.1 Å². The van der Waals surface area contributed by atoms with E-state index >= 15 is 0 Å². The van der Waals surface area contributed by atoms with E-state index in [-0.39, 0.29) is 23.0 Å². The summed E-state index contributed by atoms with van der Waals surface area (Å²) in [6.45, 7) is 1.80. The van der Waals surface area contributed by atoms with Crippen molar-refractivity contribution in [3.8, 4) is 12.3 Å². The van der Waals surface area contributed by atoms with Gasteiger partial charge in [0, 0.05) is 12.5 Å². The van der Waals surface area contributed by atoms with E-state index in [0.717, 1.165) is 6.07 Å². The molecule has 0 spiro atoms. The molecule has 0 saturated heterocycles. The molecule has 0 aliphatic rings. The van der Waals surface area contributed by atoms with Crippen LogP contribution in [0.4, 0.5) is 15.8 Å². The normalized spacial score (nSPS) is 11.6. The van der Waals surface area contributed by atoms with Gasteiger partial charge in [-0.3, -0.25) is 0 Å². The van der Waals surface area contributed by atoms with Crippen LogP contribution in [0.2, 0.25) is 0 Å². The molecule has 0 fully saturated rings. The predicted octanol–water partition coefficient (Wildman–Crippen LogP) is 1.93. The van der Waals surface area contributed by atoms with Crippen LogP contribution in [-0.2, 0) is 0 Å². The van der Waals surface area contributed by atoms with Gasteiger partial charge in [-0.2, -0.15) is 0 Å². The number of nitrogens with two attached hydrogens (primary N) is 1. The summed E-state index contributed by atoms with van der Waals surface area (Å²) in [5.41, 5.74) is 5.01. The molecule has 17 heavy (non-hydrogen) atoms. The number of halogens is 1. The lowest BCUT2D eigenvalue weighted by Gasteiger charge is -2.16. The SMILES string of the molecule is C#CCC(C)Nc1ccc(F)c(N)c1C(=O)O. The van der Waals surface area contributed by atoms with Crippen molar-refractivity contribution in [3.63, 3.8) is 0 Å². The van der Waals surface area contributed by atoms with Gasteiger partial charge < -0.3 is 16.2 Å². The van der Waals surface area contributed by atoms with E-state index in [1.807, 2.05) is 0 Å². The van der Waals surface area contributed by atoms with Gasteiger partial charge >= 0.3 is 5.97 Å². The molecule has 1 unspecified atom stereocenters. The van der Waals surface area contributed by atoms with Crippen LogP contribution in [0.15, 0.2) is 12.1 Å². The summed E-state index contributed by atoms with van der Waals surface area (Å²) in [7, 11) is 0. The van der Waals surface area contributed by atoms with Crippen molar-refractivity contribution >= 4 is 17.3 Å². The van der Waals surface area contributed by atoms with Crippen LogP contribution in [-0.4, -0.2) is 17.1 Å². The molecule has 0 aromatic heterocycles. The third-order valence-corrected chi connectivity index (χ3v) is 2.23. The summed E-state index contributed by atoms with van der Waals surface area (Å²) >= 11 is 0. The maximum atomic E-state index is 13.2. The molecule has 0 amide bonds. The first-order valence-corrected chi connectivity index (χ1v) is 4.98. The Balaban J connectivity index is 3.12. The van der Waals surface area contributed by atoms with Gasteiger partial charge in [0.25, 0.3) is 0 Å². The van der Waals surface area contributed by atoms with Crippen LogP contribution in [0.1, 0.15) is 23.7 Å². The number of anilines is 2. The molecule has 1 rings (SSSR count). The van der Waals surface area contributed by atoms with Crippen LogP contribution in [0.5, 0.6) is 0 Å². The van der Waals surface area contributed by atoms with E-state index in [9.17, 15) is 9.18 Å². The number of nitrogen functional groups attached to an aromatic ring is 1. The fourth-order valence-electron chi connectivity index (χ4n) is 1.44. The molecule has 1 atom stereocenters. The fourth-order valence-corrected chi connectivity index (χ4v) is 1.44. The maximum absolute atomic E-state index is 13.2. The lowest BCUT2D eigenvalue weighted by atomic mass is 10.1. The van der Waals surface area contributed by atoms with Crippen LogP contribution in [0, 0.1) is 18.2 Å². The van der Waals surface area contributed by atoms with E-state index in [1.54, 1.807) is 6.92 Å². The van der Waals surface area contributed by atoms with Gasteiger partial charge in [-0.05, 0) is 19.1 Å². The van der Waals surface area contributed by atoms with Crippen LogP contribution < -0.4 is 11.1 Å². The van der Waals surface area contributed by atoms with E-state index in [2.05, 4.69) is 11.2 Å². The summed E-state index contributed by atoms with van der Waals surface area (Å²) in [6, 6.07) is 2.33. The van der Waals surface area contributed by atoms with Crippen molar-refractivity contribution in [2.45, 2.75) is 19.4 Å². The average molecular weight is 236 g/mol. The van der Waals surface area contributed by atoms with Crippen molar-refractivity contribution in [1.29, 1.82) is 0 Å². The van der Waals surface area contributed by atoms with Gasteiger partial charge in [0.1, 0.15) is 11.4 Å². The molecule has 0 heterocycles. The fraction of sp³-hybridized carbons (Fsp3) is 0.250. The molecule has 0 aliphatic heterocycles. The second kappa shape index (κ2) is 5.21. The largest absolute Gasteiger partial charge is 0.478 e. The van der Waals surface area contributed by atoms with E-state index in [4.69, 9.17) is 17.3 Å². The minimum atomic E-state index is -1.28. The molecule has 5 heteroatoms. The summed E-state index contributed by atoms with van der Waals surface area (Å²) in [5, 5.41) is 11.9. The topological polar surface area (TPSA) is 75.3 Å². The lowest BCUT2D eigenvalue weighted by molar-refractivity contribution is 0.0698. The molecule has 1 aromatic rings. The average Bonchev–Trinajstić information content (AvgIpc) is 2.23. The second-order valence-corrected chi connectivity index (χ2v) is 3.64. The Morgan fingerprint density at radius 3 is 2.88 bits per heavy atom. The molecule has 1 aromatic carbocycles. The zero-order valence-corrected chi connectivity index (χ0v) is 9.33. The number of carboxylic acid groups (broad SMARTS) is 1. The molecule has 0 aliphatic carbocycles. The molecule has 0 saturated carbocycles. The molecule has 4 nitrogen and oxygen atoms in total. The highest BCUT2D eigenvalue weighted by Gasteiger charge is 2.18. The Hall–Kier alpha value is -2.22. The highest BCUT2D eigenvalue weighted by molar-refractivity contribution is 6.00. The van der Waals surface area contributed by atoms with Gasteiger partial charge in [-0.25, -0.2) is 9.18 Å². The van der Waals surface area contributed by atoms with Crippen molar-refractivity contribution in [2.24, 2.45) is 0 Å². The van der Waals surface area contributed by atoms with Gasteiger partial charge in [-0.15, -0.1) is 12.3 Å². The van der Waals surface area contributed by atoms with Crippen molar-refractivity contribution in [1.82, 2.24) is 0 Å². The predicted molar refractivity (Wildman–Crippen MR) is 64.3 cm³/mol. The van der Waals surface area contributed by atoms with Crippen LogP contribution >= 0.6 is 0 Å². The summed E-state index contributed by atoms with van der Waals surface area (Å²) in [5.74, 6) is 0.415. The molecule has 0 radical (unpaired) electrons. The van der Waals surface area contributed by atoms with Crippen LogP contribution in [0.3, 0.4) is 0 Å². The number of rotatable bonds is 4. The third kappa shape index (κ3) is 2.88. The highest BCUT2D eigenvalue weighted by Crippen LogP contribution is 2.25. The Morgan fingerprint density at radius 2 is 2.35 bits per heavy atom. The number of carbonyl (C=O) groups is 1. The highest BCUT2D eigenvalue weighted by atomic mass is 19.1. The summed E-state index contributed by atoms with van der Waals surface area (Å²) in [6.07, 6.45) is 5.57. The van der Waals surface area contributed by atoms with Crippen LogP contribution in [0.25, 0.3) is 0 Å². The minimum absolute atomic E-state index is 0.122. The van der Waals surface area contributed by atoms with Gasteiger partial charge in [-0.1, -0.05) is 0 Å². The third-order valence-electron chi connectivity index (χ3n) is 2.23. The number of hydrogen-bond acceptors (Lipinski definition) is 3. The first-order valence-electron chi connectivity index (χ1n) is 4.98. The summed E-state index contributed by atoms with van der Waals surface area (Å²) < 4.78 is 13.2. The Labute approximate surface area is 98.6 Å². The first-order chi connectivity index (χ1) is 7.97. The molecular weight excluding hydrogens is 223 g/mol. The maximum Gasteiger partial charge on any atom is 0.340 e. The van der Waals surface area contributed by atoms with Crippen molar-refractivity contribution in [3.05, 3.63) is 23.5 Å². The number of benzene rings is 1. The smallest absolute Gasteiger partial charge is 0.340 e. The van der Waals surface area contributed by atoms with E-state index in [1.165, 1.54) is 6.07 Å². The van der Waals surface area contributed by atoms with E-state index < -0.39 is 11.8 Å². The zero-order chi connectivity index (χ0) is 13.0. The zero-order valence-electron chi connectivity index (χ0n) is 9.33. The standard InChI is InChI=1S/C12H13FN2O2/c1-3-4-7(2)15-9-6-5-8(13)11(14)10(9)12(16)17/h1,5-7,15H,4,14H2,2H3,(H,16,17). The number of aromatic carboxylic acids is 1.